The summed E-state index contributed by atoms with van der Waals surface area (Å²) in [4.78, 5) is 34.5. The number of esters is 1. The number of hydrogen-bond acceptors (Lipinski definition) is 6. The van der Waals surface area contributed by atoms with Gasteiger partial charge in [0.25, 0.3) is 0 Å². The number of hydrogen-bond donors (Lipinski definition) is 4. The van der Waals surface area contributed by atoms with Gasteiger partial charge in [0.2, 0.25) is 11.8 Å². The molecule has 0 bridgehead atoms. The summed E-state index contributed by atoms with van der Waals surface area (Å²) in [6.45, 7) is 0. The van der Waals surface area contributed by atoms with Crippen molar-refractivity contribution in [2.24, 2.45) is 11.5 Å². The molecule has 6 N–H and O–H groups in total. The van der Waals surface area contributed by atoms with Crippen LogP contribution in [0.4, 0.5) is 0 Å². The van der Waals surface area contributed by atoms with Gasteiger partial charge < -0.3 is 26.6 Å². The van der Waals surface area contributed by atoms with E-state index in [1.165, 1.54) is 19.2 Å². The molecule has 126 valence electrons. The van der Waals surface area contributed by atoms with Crippen LogP contribution in [0.5, 0.6) is 5.75 Å². The molecule has 0 saturated carbocycles. The second-order valence-corrected chi connectivity index (χ2v) is 5.07. The highest BCUT2D eigenvalue weighted by molar-refractivity contribution is 5.88. The van der Waals surface area contributed by atoms with Gasteiger partial charge in [0.05, 0.1) is 13.2 Å². The number of amides is 2. The van der Waals surface area contributed by atoms with E-state index >= 15 is 0 Å². The third-order valence-corrected chi connectivity index (χ3v) is 3.22. The van der Waals surface area contributed by atoms with Gasteiger partial charge in [0.1, 0.15) is 11.8 Å². The van der Waals surface area contributed by atoms with Gasteiger partial charge in [-0.15, -0.1) is 0 Å². The Labute approximate surface area is 133 Å². The summed E-state index contributed by atoms with van der Waals surface area (Å²) in [6, 6.07) is 4.34. The number of ether oxygens (including phenoxy) is 1. The lowest BCUT2D eigenvalue weighted by atomic mass is 10.0. The second-order valence-electron chi connectivity index (χ2n) is 5.07. The van der Waals surface area contributed by atoms with E-state index in [1.54, 1.807) is 12.1 Å². The van der Waals surface area contributed by atoms with Crippen LogP contribution in [-0.2, 0) is 25.5 Å². The van der Waals surface area contributed by atoms with Crippen LogP contribution < -0.4 is 16.8 Å². The number of nitrogens with two attached hydrogens (primary N) is 2. The number of carbonyl (C=O) groups is 3. The zero-order chi connectivity index (χ0) is 17.4. The first-order valence-electron chi connectivity index (χ1n) is 7.03. The first-order chi connectivity index (χ1) is 10.8. The summed E-state index contributed by atoms with van der Waals surface area (Å²) < 4.78 is 4.67. The summed E-state index contributed by atoms with van der Waals surface area (Å²) in [6.07, 6.45) is 0.255. The van der Waals surface area contributed by atoms with Crippen LogP contribution in [0.3, 0.4) is 0 Å². The molecular weight excluding hydrogens is 302 g/mol. The van der Waals surface area contributed by atoms with Crippen molar-refractivity contribution in [2.75, 3.05) is 7.11 Å². The number of nitrogens with one attached hydrogen (secondary N) is 1. The normalized spacial score (nSPS) is 13.0. The first-order valence-corrected chi connectivity index (χ1v) is 7.03. The number of primary amides is 1. The second kappa shape index (κ2) is 8.74. The van der Waals surface area contributed by atoms with E-state index in [1.807, 2.05) is 0 Å². The van der Waals surface area contributed by atoms with Crippen molar-refractivity contribution >= 4 is 17.8 Å². The lowest BCUT2D eigenvalue weighted by molar-refractivity contribution is -0.145. The lowest BCUT2D eigenvalue weighted by Crippen LogP contribution is -2.49. The molecule has 1 aromatic rings. The van der Waals surface area contributed by atoms with Crippen molar-refractivity contribution in [3.8, 4) is 5.75 Å². The first kappa shape index (κ1) is 18.4. The van der Waals surface area contributed by atoms with E-state index in [-0.39, 0.29) is 25.0 Å². The zero-order valence-corrected chi connectivity index (χ0v) is 12.8. The maximum absolute atomic E-state index is 12.0. The number of rotatable bonds is 8. The van der Waals surface area contributed by atoms with E-state index in [9.17, 15) is 19.5 Å². The molecular formula is C15H21N3O5. The van der Waals surface area contributed by atoms with E-state index in [0.717, 1.165) is 5.56 Å². The van der Waals surface area contributed by atoms with Crippen molar-refractivity contribution in [1.29, 1.82) is 0 Å². The van der Waals surface area contributed by atoms with Gasteiger partial charge in [-0.05, 0) is 24.1 Å². The van der Waals surface area contributed by atoms with Crippen LogP contribution in [0.15, 0.2) is 24.3 Å². The number of methoxy groups -OCH3 is 1. The highest BCUT2D eigenvalue weighted by Gasteiger charge is 2.24. The SMILES string of the molecule is COC(=O)[C@H](Cc1ccc(O)cc1)NC(=O)[C@@H](N)CCC(N)=O. The highest BCUT2D eigenvalue weighted by atomic mass is 16.5. The molecule has 0 aliphatic heterocycles. The number of carbonyl (C=O) groups excluding carboxylic acids is 3. The topological polar surface area (TPSA) is 145 Å². The Bertz CT molecular complexity index is 559. The monoisotopic (exact) mass is 323 g/mol. The van der Waals surface area contributed by atoms with Crippen LogP contribution in [0, 0.1) is 0 Å². The molecule has 2 atom stereocenters. The molecule has 0 radical (unpaired) electrons. The summed E-state index contributed by atoms with van der Waals surface area (Å²) in [5.41, 5.74) is 11.4. The average Bonchev–Trinajstić information content (AvgIpc) is 2.52. The molecule has 0 spiro atoms. The van der Waals surface area contributed by atoms with Gasteiger partial charge in [0, 0.05) is 12.8 Å². The zero-order valence-electron chi connectivity index (χ0n) is 12.8. The Balaban J connectivity index is 2.70. The van der Waals surface area contributed by atoms with Crippen LogP contribution >= 0.6 is 0 Å². The molecule has 2 amide bonds. The van der Waals surface area contributed by atoms with Gasteiger partial charge in [-0.3, -0.25) is 9.59 Å². The van der Waals surface area contributed by atoms with Gasteiger partial charge in [-0.25, -0.2) is 4.79 Å². The minimum Gasteiger partial charge on any atom is -0.508 e. The number of aromatic hydroxyl groups is 1. The molecule has 1 aromatic carbocycles. The van der Waals surface area contributed by atoms with E-state index in [0.29, 0.717) is 0 Å². The predicted molar refractivity (Wildman–Crippen MR) is 82.2 cm³/mol. The smallest absolute Gasteiger partial charge is 0.328 e. The molecule has 0 fully saturated rings. The third kappa shape index (κ3) is 6.35. The quantitative estimate of drug-likeness (QED) is 0.460. The highest BCUT2D eigenvalue weighted by Crippen LogP contribution is 2.12. The fourth-order valence-electron chi connectivity index (χ4n) is 1.91. The van der Waals surface area contributed by atoms with Crippen molar-refractivity contribution in [2.45, 2.75) is 31.3 Å². The van der Waals surface area contributed by atoms with Crippen LogP contribution in [0.25, 0.3) is 0 Å². The lowest BCUT2D eigenvalue weighted by Gasteiger charge is -2.19. The summed E-state index contributed by atoms with van der Waals surface area (Å²) in [5, 5.41) is 11.8. The molecule has 0 saturated heterocycles. The fraction of sp³-hybridized carbons (Fsp3) is 0.400. The largest absolute Gasteiger partial charge is 0.508 e. The van der Waals surface area contributed by atoms with E-state index in [2.05, 4.69) is 10.1 Å². The van der Waals surface area contributed by atoms with Crippen LogP contribution in [0.1, 0.15) is 18.4 Å². The molecule has 0 unspecified atom stereocenters. The van der Waals surface area contributed by atoms with Crippen molar-refractivity contribution in [3.63, 3.8) is 0 Å². The maximum Gasteiger partial charge on any atom is 0.328 e. The Kier molecular flexibility index (Phi) is 7.01. The maximum atomic E-state index is 12.0. The van der Waals surface area contributed by atoms with Crippen molar-refractivity contribution < 1.29 is 24.2 Å². The number of phenols is 1. The minimum atomic E-state index is -0.950. The molecule has 8 heteroatoms. The molecule has 23 heavy (non-hydrogen) atoms. The Hall–Kier alpha value is -2.61. The van der Waals surface area contributed by atoms with E-state index in [4.69, 9.17) is 11.5 Å². The Morgan fingerprint density at radius 1 is 1.26 bits per heavy atom. The van der Waals surface area contributed by atoms with Crippen LogP contribution in [-0.4, -0.2) is 42.1 Å². The standard InChI is InChI=1S/C15H21N3O5/c1-23-15(22)12(8-9-2-4-10(19)5-3-9)18-14(21)11(16)6-7-13(17)20/h2-5,11-12,19H,6-8,16H2,1H3,(H2,17,20)(H,18,21)/t11-,12-/m0/s1. The summed E-state index contributed by atoms with van der Waals surface area (Å²) in [7, 11) is 1.21. The fourth-order valence-corrected chi connectivity index (χ4v) is 1.91. The van der Waals surface area contributed by atoms with Gasteiger partial charge in [-0.1, -0.05) is 12.1 Å². The van der Waals surface area contributed by atoms with Crippen molar-refractivity contribution in [3.05, 3.63) is 29.8 Å². The van der Waals surface area contributed by atoms with Crippen LogP contribution in [0.2, 0.25) is 0 Å². The number of benzene rings is 1. The van der Waals surface area contributed by atoms with E-state index < -0.39 is 29.9 Å². The minimum absolute atomic E-state index is 0.0184. The molecule has 0 aliphatic carbocycles. The Morgan fingerprint density at radius 3 is 2.39 bits per heavy atom. The van der Waals surface area contributed by atoms with Gasteiger partial charge in [0.15, 0.2) is 0 Å². The predicted octanol–water partition coefficient (Wildman–Crippen LogP) is -0.815. The number of phenolic OH excluding ortho intramolecular Hbond substituents is 1. The summed E-state index contributed by atoms with van der Waals surface area (Å²) in [5.74, 6) is -1.64. The average molecular weight is 323 g/mol. The van der Waals surface area contributed by atoms with Gasteiger partial charge in [-0.2, -0.15) is 0 Å². The molecule has 0 aliphatic rings. The van der Waals surface area contributed by atoms with Gasteiger partial charge >= 0.3 is 5.97 Å². The summed E-state index contributed by atoms with van der Waals surface area (Å²) >= 11 is 0. The molecule has 1 rings (SSSR count). The molecule has 0 heterocycles. The molecule has 0 aromatic heterocycles. The molecule has 8 nitrogen and oxygen atoms in total. The Morgan fingerprint density at radius 2 is 1.87 bits per heavy atom. The third-order valence-electron chi connectivity index (χ3n) is 3.22. The van der Waals surface area contributed by atoms with Crippen molar-refractivity contribution in [1.82, 2.24) is 5.32 Å².